The summed E-state index contributed by atoms with van der Waals surface area (Å²) in [6, 6.07) is 9.16. The van der Waals surface area contributed by atoms with Crippen molar-refractivity contribution in [2.24, 2.45) is 5.92 Å². The summed E-state index contributed by atoms with van der Waals surface area (Å²) in [6.07, 6.45) is 9.76. The molecule has 1 heterocycles. The fraction of sp³-hybridized carbons (Fsp3) is 0.433. The van der Waals surface area contributed by atoms with Crippen LogP contribution in [0.2, 0.25) is 5.02 Å². The Kier molecular flexibility index (Phi) is 8.18. The van der Waals surface area contributed by atoms with Crippen molar-refractivity contribution >= 4 is 28.1 Å². The molecule has 1 aliphatic carbocycles. The van der Waals surface area contributed by atoms with Crippen LogP contribution in [-0.4, -0.2) is 22.4 Å². The first-order valence-corrected chi connectivity index (χ1v) is 13.9. The maximum atomic E-state index is 14.8. The molecule has 1 fully saturated rings. The lowest BCUT2D eigenvalue weighted by molar-refractivity contribution is -0.105. The second-order valence-electron chi connectivity index (χ2n) is 10.3. The van der Waals surface area contributed by atoms with Gasteiger partial charge < -0.3 is 14.7 Å². The Bertz CT molecular complexity index is 1320. The van der Waals surface area contributed by atoms with Crippen molar-refractivity contribution in [2.75, 3.05) is 11.4 Å². The van der Waals surface area contributed by atoms with Crippen LogP contribution >= 0.6 is 22.9 Å². The van der Waals surface area contributed by atoms with Crippen LogP contribution in [0.25, 0.3) is 11.3 Å². The molecule has 0 saturated heterocycles. The largest absolute Gasteiger partial charge is 0.463 e. The van der Waals surface area contributed by atoms with E-state index < -0.39 is 5.79 Å². The monoisotopic (exact) mass is 540 g/mol. The van der Waals surface area contributed by atoms with Crippen LogP contribution in [0.15, 0.2) is 30.3 Å². The lowest BCUT2D eigenvalue weighted by Gasteiger charge is -2.31. The van der Waals surface area contributed by atoms with Crippen LogP contribution in [0.1, 0.15) is 67.6 Å². The number of benzene rings is 2. The van der Waals surface area contributed by atoms with Crippen LogP contribution in [0.5, 0.6) is 5.75 Å². The van der Waals surface area contributed by atoms with E-state index in [1.165, 1.54) is 12.8 Å². The summed E-state index contributed by atoms with van der Waals surface area (Å²) in [7, 11) is 0. The molecular formula is C30H34ClFN2O2S. The van der Waals surface area contributed by atoms with Gasteiger partial charge in [-0.05, 0) is 67.5 Å². The van der Waals surface area contributed by atoms with E-state index in [4.69, 9.17) is 27.7 Å². The highest BCUT2D eigenvalue weighted by Gasteiger charge is 2.32. The first kappa shape index (κ1) is 27.4. The summed E-state index contributed by atoms with van der Waals surface area (Å²) in [5, 5.41) is 11.3. The zero-order chi connectivity index (χ0) is 26.9. The van der Waals surface area contributed by atoms with E-state index in [1.54, 1.807) is 37.3 Å². The highest BCUT2D eigenvalue weighted by atomic mass is 35.5. The number of aromatic nitrogens is 1. The molecule has 1 N–H and O–H groups in total. The molecule has 37 heavy (non-hydrogen) atoms. The minimum absolute atomic E-state index is 0.0675. The standard InChI is InChI=1S/C30H34ClFN2O2S/c1-7-13-34(26(15-20-9-10-20)22-12-11-21(8-2)25(32)16-22)29-33-28(19(4)37-29)23-14-18(3)27(17-24(23)31)36-30(5,6)35/h1,11-12,14,16-17,20,26,35H,8-10,13,15H2,2-6H3. The van der Waals surface area contributed by atoms with Gasteiger partial charge in [-0.1, -0.05) is 49.4 Å². The van der Waals surface area contributed by atoms with Gasteiger partial charge >= 0.3 is 0 Å². The van der Waals surface area contributed by atoms with Crippen LogP contribution in [0.3, 0.4) is 0 Å². The summed E-state index contributed by atoms with van der Waals surface area (Å²) < 4.78 is 20.5. The molecule has 1 aromatic heterocycles. The number of aryl methyl sites for hydroxylation is 3. The van der Waals surface area contributed by atoms with Crippen molar-refractivity contribution in [3.05, 3.63) is 62.7 Å². The SMILES string of the molecule is C#CCN(c1nc(-c2cc(C)c(OC(C)(C)O)cc2Cl)c(C)s1)C(CC1CC1)c1ccc(CC)c(F)c1. The molecular weight excluding hydrogens is 507 g/mol. The quantitative estimate of drug-likeness (QED) is 0.210. The van der Waals surface area contributed by atoms with Crippen LogP contribution in [0, 0.1) is 37.9 Å². The molecule has 0 bridgehead atoms. The zero-order valence-electron chi connectivity index (χ0n) is 22.1. The first-order chi connectivity index (χ1) is 17.5. The smallest absolute Gasteiger partial charge is 0.202 e. The maximum absolute atomic E-state index is 14.8. The van der Waals surface area contributed by atoms with Gasteiger partial charge in [0.2, 0.25) is 5.79 Å². The minimum Gasteiger partial charge on any atom is -0.463 e. The number of ether oxygens (including phenoxy) is 1. The summed E-state index contributed by atoms with van der Waals surface area (Å²) in [5.74, 6) is 2.44. The van der Waals surface area contributed by atoms with Crippen molar-refractivity contribution < 1.29 is 14.2 Å². The molecule has 1 unspecified atom stereocenters. The average Bonchev–Trinajstić information content (AvgIpc) is 3.57. The van der Waals surface area contributed by atoms with E-state index in [9.17, 15) is 9.50 Å². The maximum Gasteiger partial charge on any atom is 0.202 e. The normalized spacial score (nSPS) is 14.4. The number of nitrogens with zero attached hydrogens (tertiary/aromatic N) is 2. The molecule has 3 aromatic rings. The van der Waals surface area contributed by atoms with Crippen LogP contribution in [0.4, 0.5) is 9.52 Å². The highest BCUT2D eigenvalue weighted by Crippen LogP contribution is 2.45. The number of terminal acetylenes is 1. The topological polar surface area (TPSA) is 45.6 Å². The highest BCUT2D eigenvalue weighted by molar-refractivity contribution is 7.16. The van der Waals surface area contributed by atoms with Crippen LogP contribution in [-0.2, 0) is 6.42 Å². The molecule has 1 atom stereocenters. The van der Waals surface area contributed by atoms with Crippen LogP contribution < -0.4 is 9.64 Å². The number of halogens is 2. The number of hydrogen-bond acceptors (Lipinski definition) is 5. The lowest BCUT2D eigenvalue weighted by atomic mass is 9.97. The Labute approximate surface area is 228 Å². The molecule has 0 amide bonds. The number of anilines is 1. The van der Waals surface area contributed by atoms with E-state index in [-0.39, 0.29) is 11.9 Å². The van der Waals surface area contributed by atoms with E-state index in [0.29, 0.717) is 35.2 Å². The van der Waals surface area contributed by atoms with Gasteiger partial charge in [0.1, 0.15) is 11.6 Å². The van der Waals surface area contributed by atoms with Crippen molar-refractivity contribution in [2.45, 2.75) is 72.1 Å². The number of aliphatic hydroxyl groups is 1. The molecule has 4 rings (SSSR count). The fourth-order valence-corrected chi connectivity index (χ4v) is 5.77. The molecule has 1 saturated carbocycles. The van der Waals surface area contributed by atoms with Gasteiger partial charge in [0.25, 0.3) is 0 Å². The molecule has 0 spiro atoms. The van der Waals surface area contributed by atoms with Crippen molar-refractivity contribution in [1.82, 2.24) is 4.98 Å². The Hall–Kier alpha value is -2.59. The Morgan fingerprint density at radius 3 is 2.62 bits per heavy atom. The Balaban J connectivity index is 1.73. The molecule has 7 heteroatoms. The van der Waals surface area contributed by atoms with Gasteiger partial charge in [-0.2, -0.15) is 0 Å². The Morgan fingerprint density at radius 2 is 2.03 bits per heavy atom. The molecule has 1 aliphatic rings. The number of thiazole rings is 1. The molecule has 4 nitrogen and oxygen atoms in total. The van der Waals surface area contributed by atoms with Gasteiger partial charge in [0.05, 0.1) is 23.3 Å². The van der Waals surface area contributed by atoms with Gasteiger partial charge in [-0.3, -0.25) is 0 Å². The molecule has 2 aromatic carbocycles. The summed E-state index contributed by atoms with van der Waals surface area (Å²) in [4.78, 5) is 8.15. The third-order valence-corrected chi connectivity index (χ3v) is 7.97. The summed E-state index contributed by atoms with van der Waals surface area (Å²) >= 11 is 8.25. The van der Waals surface area contributed by atoms with E-state index in [0.717, 1.165) is 38.8 Å². The van der Waals surface area contributed by atoms with Crippen molar-refractivity contribution in [3.8, 4) is 29.4 Å². The second kappa shape index (κ2) is 11.0. The number of rotatable bonds is 10. The third-order valence-electron chi connectivity index (χ3n) is 6.64. The third kappa shape index (κ3) is 6.46. The summed E-state index contributed by atoms with van der Waals surface area (Å²) in [6.45, 7) is 9.40. The summed E-state index contributed by atoms with van der Waals surface area (Å²) in [5.41, 5.74) is 4.05. The van der Waals surface area contributed by atoms with E-state index in [2.05, 4.69) is 10.8 Å². The van der Waals surface area contributed by atoms with Gasteiger partial charge in [0, 0.05) is 24.3 Å². The van der Waals surface area contributed by atoms with E-state index in [1.807, 2.05) is 39.0 Å². The first-order valence-electron chi connectivity index (χ1n) is 12.7. The van der Waals surface area contributed by atoms with Crippen molar-refractivity contribution in [3.63, 3.8) is 0 Å². The molecule has 0 radical (unpaired) electrons. The van der Waals surface area contributed by atoms with Crippen molar-refractivity contribution in [1.29, 1.82) is 0 Å². The minimum atomic E-state index is -1.32. The molecule has 196 valence electrons. The second-order valence-corrected chi connectivity index (χ2v) is 11.9. The molecule has 0 aliphatic heterocycles. The average molecular weight is 541 g/mol. The lowest BCUT2D eigenvalue weighted by Crippen LogP contribution is -2.29. The predicted molar refractivity (Wildman–Crippen MR) is 151 cm³/mol. The number of hydrogen-bond donors (Lipinski definition) is 1. The Morgan fingerprint density at radius 1 is 1.30 bits per heavy atom. The van der Waals surface area contributed by atoms with Gasteiger partial charge in [0.15, 0.2) is 5.13 Å². The zero-order valence-corrected chi connectivity index (χ0v) is 23.6. The fourth-order valence-electron chi connectivity index (χ4n) is 4.56. The van der Waals surface area contributed by atoms with Gasteiger partial charge in [-0.15, -0.1) is 17.8 Å². The predicted octanol–water partition coefficient (Wildman–Crippen LogP) is 7.87. The van der Waals surface area contributed by atoms with E-state index >= 15 is 0 Å². The van der Waals surface area contributed by atoms with Gasteiger partial charge in [-0.25, -0.2) is 9.37 Å².